The van der Waals surface area contributed by atoms with Gasteiger partial charge >= 0.3 is 0 Å². The molecule has 0 saturated heterocycles. The van der Waals surface area contributed by atoms with Crippen LogP contribution in [0.15, 0.2) is 35.6 Å². The highest BCUT2D eigenvalue weighted by molar-refractivity contribution is 5.75. The van der Waals surface area contributed by atoms with Crippen LogP contribution in [0, 0.1) is 0 Å². The smallest absolute Gasteiger partial charge is 0.282 e. The summed E-state index contributed by atoms with van der Waals surface area (Å²) in [5.41, 5.74) is 10.6. The normalized spacial score (nSPS) is 25.0. The summed E-state index contributed by atoms with van der Waals surface area (Å²) in [4.78, 5) is 13.7. The third-order valence-electron chi connectivity index (χ3n) is 5.46. The number of nitrogens with zero attached hydrogens (tertiary/aromatic N) is 3. The third kappa shape index (κ3) is 2.68. The van der Waals surface area contributed by atoms with E-state index in [2.05, 4.69) is 53.9 Å². The highest BCUT2D eigenvalue weighted by Crippen LogP contribution is 2.41. The minimum atomic E-state index is -0.215. The van der Waals surface area contributed by atoms with Gasteiger partial charge < -0.3 is 10.5 Å². The Bertz CT molecular complexity index is 828. The topological polar surface area (TPSA) is 73.4 Å². The third-order valence-corrected chi connectivity index (χ3v) is 5.46. The van der Waals surface area contributed by atoms with E-state index in [9.17, 15) is 0 Å². The number of aliphatic imine (C=N–C) groups is 1. The molecule has 0 unspecified atom stereocenters. The fourth-order valence-electron chi connectivity index (χ4n) is 3.97. The average molecular weight is 336 g/mol. The Kier molecular flexibility index (Phi) is 3.74. The van der Waals surface area contributed by atoms with Crippen LogP contribution in [0.2, 0.25) is 0 Å². The second-order valence-electron chi connectivity index (χ2n) is 7.42. The molecule has 0 radical (unpaired) electrons. The number of hydrogen-bond donors (Lipinski definition) is 1. The first-order valence-corrected chi connectivity index (χ1v) is 8.93. The first-order chi connectivity index (χ1) is 12.0. The van der Waals surface area contributed by atoms with Crippen molar-refractivity contribution >= 4 is 6.02 Å². The van der Waals surface area contributed by atoms with Gasteiger partial charge in [-0.15, -0.1) is 0 Å². The summed E-state index contributed by atoms with van der Waals surface area (Å²) in [6.07, 6.45) is 6.69. The first kappa shape index (κ1) is 16.1. The van der Waals surface area contributed by atoms with Gasteiger partial charge in [0.05, 0.1) is 0 Å². The maximum Gasteiger partial charge on any atom is 0.282 e. The summed E-state index contributed by atoms with van der Waals surface area (Å²) >= 11 is 0. The summed E-state index contributed by atoms with van der Waals surface area (Å²) in [7, 11) is 0. The summed E-state index contributed by atoms with van der Waals surface area (Å²) in [5, 5.41) is 0. The van der Waals surface area contributed by atoms with E-state index in [4.69, 9.17) is 10.5 Å². The molecule has 1 aromatic carbocycles. The van der Waals surface area contributed by atoms with Crippen molar-refractivity contribution in [3.05, 3.63) is 47.5 Å². The molecule has 5 nitrogen and oxygen atoms in total. The summed E-state index contributed by atoms with van der Waals surface area (Å²) in [5.74, 6) is 1.22. The monoisotopic (exact) mass is 336 g/mol. The zero-order valence-corrected chi connectivity index (χ0v) is 15.0. The molecule has 1 spiro atoms. The van der Waals surface area contributed by atoms with Crippen molar-refractivity contribution in [2.75, 3.05) is 0 Å². The molecule has 0 amide bonds. The molecule has 25 heavy (non-hydrogen) atoms. The summed E-state index contributed by atoms with van der Waals surface area (Å²) < 4.78 is 5.63. The Morgan fingerprint density at radius 2 is 2.00 bits per heavy atom. The largest absolute Gasteiger partial charge is 0.460 e. The van der Waals surface area contributed by atoms with Gasteiger partial charge in [-0.05, 0) is 36.5 Å². The fourth-order valence-corrected chi connectivity index (χ4v) is 3.97. The number of nitrogens with two attached hydrogens (primary N) is 1. The van der Waals surface area contributed by atoms with E-state index >= 15 is 0 Å². The Morgan fingerprint density at radius 1 is 1.24 bits per heavy atom. The molecule has 130 valence electrons. The molecular weight excluding hydrogens is 312 g/mol. The van der Waals surface area contributed by atoms with Crippen molar-refractivity contribution in [3.8, 4) is 11.1 Å². The minimum Gasteiger partial charge on any atom is -0.460 e. The van der Waals surface area contributed by atoms with Crippen LogP contribution < -0.4 is 5.73 Å². The molecule has 0 fully saturated rings. The molecule has 0 bridgehead atoms. The maximum atomic E-state index is 5.82. The number of aromatic nitrogens is 2. The lowest BCUT2D eigenvalue weighted by Crippen LogP contribution is -2.41. The Balaban J connectivity index is 1.70. The van der Waals surface area contributed by atoms with Crippen LogP contribution in [0.25, 0.3) is 11.1 Å². The van der Waals surface area contributed by atoms with Crippen molar-refractivity contribution < 1.29 is 4.74 Å². The zero-order valence-electron chi connectivity index (χ0n) is 15.0. The van der Waals surface area contributed by atoms with E-state index in [0.717, 1.165) is 30.7 Å². The molecule has 4 rings (SSSR count). The molecule has 2 N–H and O–H groups in total. The molecule has 1 aliphatic carbocycles. The van der Waals surface area contributed by atoms with Crippen molar-refractivity contribution in [2.45, 2.75) is 57.6 Å². The lowest BCUT2D eigenvalue weighted by molar-refractivity contribution is 0.140. The maximum absolute atomic E-state index is 5.82. The van der Waals surface area contributed by atoms with E-state index in [-0.39, 0.29) is 11.6 Å². The van der Waals surface area contributed by atoms with Gasteiger partial charge in [-0.3, -0.25) is 0 Å². The second-order valence-corrected chi connectivity index (χ2v) is 7.42. The number of fused-ring (bicyclic) bond motifs is 1. The predicted molar refractivity (Wildman–Crippen MR) is 98.5 cm³/mol. The molecule has 1 aromatic heterocycles. The van der Waals surface area contributed by atoms with E-state index in [1.807, 2.05) is 12.4 Å². The number of ether oxygens (including phenoxy) is 1. The second kappa shape index (κ2) is 5.83. The summed E-state index contributed by atoms with van der Waals surface area (Å²) in [6.45, 7) is 6.28. The molecule has 1 aliphatic heterocycles. The number of rotatable bonds is 2. The quantitative estimate of drug-likeness (QED) is 0.914. The van der Waals surface area contributed by atoms with Crippen molar-refractivity contribution in [1.29, 1.82) is 0 Å². The highest BCUT2D eigenvalue weighted by Gasteiger charge is 2.45. The van der Waals surface area contributed by atoms with Gasteiger partial charge in [0.25, 0.3) is 6.02 Å². The number of amidine groups is 1. The molecule has 2 heterocycles. The van der Waals surface area contributed by atoms with Crippen LogP contribution in [0.4, 0.5) is 0 Å². The SMILES string of the molecule is CC(C)c1ncc(-c2cccc3c2CC[C@@]2(C3)N=C(N)O[C@@H]2C)cn1. The lowest BCUT2D eigenvalue weighted by Gasteiger charge is -2.35. The molecule has 0 saturated carbocycles. The van der Waals surface area contributed by atoms with E-state index in [0.29, 0.717) is 11.9 Å². The number of hydrogen-bond acceptors (Lipinski definition) is 5. The van der Waals surface area contributed by atoms with E-state index in [1.54, 1.807) is 0 Å². The molecule has 2 aliphatic rings. The standard InChI is InChI=1S/C20H24N4O/c1-12(2)18-22-10-15(11-23-18)16-6-4-5-14-9-20(8-7-17(14)16)13(3)25-19(21)24-20/h4-6,10-13H,7-9H2,1-3H3,(H2,21,24)/t13-,20+/m1/s1. The van der Waals surface area contributed by atoms with Crippen LogP contribution in [-0.4, -0.2) is 27.6 Å². The van der Waals surface area contributed by atoms with Gasteiger partial charge in [-0.25, -0.2) is 15.0 Å². The van der Waals surface area contributed by atoms with Crippen LogP contribution in [0.3, 0.4) is 0 Å². The van der Waals surface area contributed by atoms with Gasteiger partial charge in [0.2, 0.25) is 0 Å². The molecule has 5 heteroatoms. The van der Waals surface area contributed by atoms with Gasteiger partial charge in [0, 0.05) is 30.3 Å². The highest BCUT2D eigenvalue weighted by atomic mass is 16.5. The van der Waals surface area contributed by atoms with Gasteiger partial charge in [0.1, 0.15) is 17.5 Å². The van der Waals surface area contributed by atoms with Crippen LogP contribution in [-0.2, 0) is 17.6 Å². The number of benzene rings is 1. The Labute approximate surface area is 148 Å². The average Bonchev–Trinajstić information content (AvgIpc) is 2.87. The van der Waals surface area contributed by atoms with Crippen LogP contribution >= 0.6 is 0 Å². The predicted octanol–water partition coefficient (Wildman–Crippen LogP) is 3.23. The van der Waals surface area contributed by atoms with Crippen LogP contribution in [0.1, 0.15) is 50.1 Å². The van der Waals surface area contributed by atoms with Crippen molar-refractivity contribution in [1.82, 2.24) is 9.97 Å². The van der Waals surface area contributed by atoms with Crippen molar-refractivity contribution in [3.63, 3.8) is 0 Å². The minimum absolute atomic E-state index is 0.0259. The fraction of sp³-hybridized carbons (Fsp3) is 0.450. The first-order valence-electron chi connectivity index (χ1n) is 8.93. The zero-order chi connectivity index (χ0) is 17.6. The molecular formula is C20H24N4O. The van der Waals surface area contributed by atoms with Gasteiger partial charge in [-0.1, -0.05) is 32.0 Å². The molecule has 2 atom stereocenters. The summed E-state index contributed by atoms with van der Waals surface area (Å²) in [6, 6.07) is 6.79. The Hall–Kier alpha value is -2.43. The van der Waals surface area contributed by atoms with Gasteiger partial charge in [0.15, 0.2) is 0 Å². The van der Waals surface area contributed by atoms with Crippen LogP contribution in [0.5, 0.6) is 0 Å². The van der Waals surface area contributed by atoms with Crippen molar-refractivity contribution in [2.24, 2.45) is 10.7 Å². The molecule has 2 aromatic rings. The van der Waals surface area contributed by atoms with E-state index in [1.165, 1.54) is 16.7 Å². The Morgan fingerprint density at radius 3 is 2.64 bits per heavy atom. The van der Waals surface area contributed by atoms with Gasteiger partial charge in [-0.2, -0.15) is 0 Å². The van der Waals surface area contributed by atoms with E-state index < -0.39 is 0 Å². The lowest BCUT2D eigenvalue weighted by atomic mass is 9.74.